The summed E-state index contributed by atoms with van der Waals surface area (Å²) in [5, 5.41) is 8.22. The molecule has 11 nitrogen and oxygen atoms in total. The third-order valence-corrected chi connectivity index (χ3v) is 5.54. The zero-order valence-corrected chi connectivity index (χ0v) is 19.5. The molecular formula is C21H27N7O4S. The summed E-state index contributed by atoms with van der Waals surface area (Å²) in [6, 6.07) is 8.77. The molecule has 1 amide bonds. The van der Waals surface area contributed by atoms with Crippen LogP contribution in [0.4, 0.5) is 5.82 Å². The van der Waals surface area contributed by atoms with Crippen LogP contribution in [-0.4, -0.2) is 66.9 Å². The minimum absolute atomic E-state index is 0.0148. The van der Waals surface area contributed by atoms with Gasteiger partial charge in [-0.1, -0.05) is 0 Å². The Morgan fingerprint density at radius 3 is 2.52 bits per heavy atom. The Bertz CT molecular complexity index is 997. The molecule has 0 saturated carbocycles. The summed E-state index contributed by atoms with van der Waals surface area (Å²) < 4.78 is 15.9. The number of methoxy groups -OCH3 is 3. The van der Waals surface area contributed by atoms with Gasteiger partial charge in [0, 0.05) is 32.5 Å². The van der Waals surface area contributed by atoms with Crippen molar-refractivity contribution in [1.82, 2.24) is 10.2 Å². The lowest BCUT2D eigenvalue weighted by Gasteiger charge is -2.15. The largest absolute Gasteiger partial charge is 0.497 e. The predicted molar refractivity (Wildman–Crippen MR) is 128 cm³/mol. The molecule has 1 aromatic carbocycles. The highest BCUT2D eigenvalue weighted by Crippen LogP contribution is 2.29. The van der Waals surface area contributed by atoms with Gasteiger partial charge in [-0.25, -0.2) is 0 Å². The van der Waals surface area contributed by atoms with Crippen LogP contribution in [-0.2, 0) is 9.53 Å². The standard InChI is InChI=1S/C21H27N7O4S/c1-30-15-9-13(10-16(11-15)31-2)18(32-3)19(29)26-21(23)33-20(22)25-14-6-8-28(12-14)17-5-4-7-24-27-17/h4-5,7,9-11,14,18H,6,8,12H2,1-3H3,(H2,22,25)(H2,23,26,29). The summed E-state index contributed by atoms with van der Waals surface area (Å²) in [6.45, 7) is 1.46. The van der Waals surface area contributed by atoms with Crippen LogP contribution < -0.4 is 25.8 Å². The SMILES string of the molecule is COc1cc(OC)cc(C(OC)C(=O)N=C(N)SC(N)=NC2CCN(c3cccnn3)C2)c1. The molecule has 2 atom stereocenters. The average Bonchev–Trinajstić information content (AvgIpc) is 3.27. The molecule has 3 rings (SSSR count). The lowest BCUT2D eigenvalue weighted by Crippen LogP contribution is -2.24. The van der Waals surface area contributed by atoms with Gasteiger partial charge in [0.15, 0.2) is 22.3 Å². The zero-order chi connectivity index (χ0) is 23.8. The molecular weight excluding hydrogens is 446 g/mol. The molecule has 1 aromatic heterocycles. The Morgan fingerprint density at radius 2 is 1.91 bits per heavy atom. The number of ether oxygens (including phenoxy) is 3. The van der Waals surface area contributed by atoms with E-state index in [1.165, 1.54) is 21.3 Å². The highest BCUT2D eigenvalue weighted by molar-refractivity contribution is 8.26. The molecule has 0 radical (unpaired) electrons. The molecule has 0 spiro atoms. The maximum atomic E-state index is 12.7. The lowest BCUT2D eigenvalue weighted by atomic mass is 10.1. The maximum absolute atomic E-state index is 12.7. The lowest BCUT2D eigenvalue weighted by molar-refractivity contribution is -0.127. The minimum Gasteiger partial charge on any atom is -0.497 e. The van der Waals surface area contributed by atoms with E-state index in [0.717, 1.165) is 30.5 Å². The maximum Gasteiger partial charge on any atom is 0.281 e. The average molecular weight is 474 g/mol. The van der Waals surface area contributed by atoms with E-state index in [2.05, 4.69) is 25.1 Å². The van der Waals surface area contributed by atoms with Gasteiger partial charge in [0.2, 0.25) is 0 Å². The van der Waals surface area contributed by atoms with Gasteiger partial charge in [-0.3, -0.25) is 9.79 Å². The van der Waals surface area contributed by atoms with Gasteiger partial charge in [0.25, 0.3) is 5.91 Å². The number of hydrogen-bond acceptors (Lipinski definition) is 9. The van der Waals surface area contributed by atoms with Crippen LogP contribution in [0.2, 0.25) is 0 Å². The summed E-state index contributed by atoms with van der Waals surface area (Å²) >= 11 is 0.933. The summed E-state index contributed by atoms with van der Waals surface area (Å²) in [7, 11) is 4.45. The summed E-state index contributed by atoms with van der Waals surface area (Å²) in [5.41, 5.74) is 12.5. The number of aromatic nitrogens is 2. The van der Waals surface area contributed by atoms with Crippen LogP contribution in [0.25, 0.3) is 0 Å². The Morgan fingerprint density at radius 1 is 1.18 bits per heavy atom. The number of amidine groups is 2. The van der Waals surface area contributed by atoms with E-state index in [-0.39, 0.29) is 16.4 Å². The van der Waals surface area contributed by atoms with Crippen LogP contribution in [0.1, 0.15) is 18.1 Å². The van der Waals surface area contributed by atoms with E-state index >= 15 is 0 Å². The first-order valence-electron chi connectivity index (χ1n) is 10.1. The molecule has 33 heavy (non-hydrogen) atoms. The second kappa shape index (κ2) is 11.5. The van der Waals surface area contributed by atoms with Crippen LogP contribution in [0.3, 0.4) is 0 Å². The van der Waals surface area contributed by atoms with Gasteiger partial charge in [0.1, 0.15) is 11.5 Å². The van der Waals surface area contributed by atoms with Crippen molar-refractivity contribution < 1.29 is 19.0 Å². The molecule has 0 bridgehead atoms. The second-order valence-corrected chi connectivity index (χ2v) is 8.13. The molecule has 1 fully saturated rings. The van der Waals surface area contributed by atoms with Gasteiger partial charge in [-0.2, -0.15) is 10.1 Å². The van der Waals surface area contributed by atoms with Crippen molar-refractivity contribution in [2.24, 2.45) is 21.5 Å². The fourth-order valence-electron chi connectivity index (χ4n) is 3.38. The third-order valence-electron chi connectivity index (χ3n) is 4.92. The highest BCUT2D eigenvalue weighted by atomic mass is 32.2. The number of benzene rings is 1. The van der Waals surface area contributed by atoms with Crippen LogP contribution in [0.5, 0.6) is 11.5 Å². The van der Waals surface area contributed by atoms with E-state index in [0.29, 0.717) is 23.6 Å². The van der Waals surface area contributed by atoms with E-state index < -0.39 is 12.0 Å². The number of rotatable bonds is 7. The van der Waals surface area contributed by atoms with Crippen LogP contribution in [0.15, 0.2) is 46.5 Å². The van der Waals surface area contributed by atoms with Crippen molar-refractivity contribution in [2.45, 2.75) is 18.6 Å². The Hall–Kier alpha value is -3.38. The monoisotopic (exact) mass is 473 g/mol. The number of nitrogens with two attached hydrogens (primary N) is 2. The summed E-state index contributed by atoms with van der Waals surface area (Å²) in [5.74, 6) is 1.26. The molecule has 2 unspecified atom stereocenters. The van der Waals surface area contributed by atoms with Crippen molar-refractivity contribution in [3.8, 4) is 11.5 Å². The smallest absolute Gasteiger partial charge is 0.281 e. The van der Waals surface area contributed by atoms with Crippen LogP contribution in [0, 0.1) is 0 Å². The van der Waals surface area contributed by atoms with E-state index in [4.69, 9.17) is 25.7 Å². The number of carbonyl (C=O) groups is 1. The topological polar surface area (TPSA) is 151 Å². The van der Waals surface area contributed by atoms with Gasteiger partial charge in [-0.05, 0) is 48.0 Å². The third kappa shape index (κ3) is 6.56. The van der Waals surface area contributed by atoms with Gasteiger partial charge < -0.3 is 30.6 Å². The minimum atomic E-state index is -0.985. The number of thioether (sulfide) groups is 1. The van der Waals surface area contributed by atoms with Gasteiger partial charge in [-0.15, -0.1) is 5.10 Å². The molecule has 2 aromatic rings. The molecule has 0 aliphatic carbocycles. The van der Waals surface area contributed by atoms with Gasteiger partial charge >= 0.3 is 0 Å². The van der Waals surface area contributed by atoms with E-state index in [9.17, 15) is 4.79 Å². The molecule has 1 aliphatic heterocycles. The molecule has 12 heteroatoms. The van der Waals surface area contributed by atoms with Crippen molar-refractivity contribution in [2.75, 3.05) is 39.3 Å². The molecule has 2 heterocycles. The first-order valence-corrected chi connectivity index (χ1v) is 10.9. The van der Waals surface area contributed by atoms with E-state index in [1.54, 1.807) is 24.4 Å². The molecule has 176 valence electrons. The predicted octanol–water partition coefficient (Wildman–Crippen LogP) is 1.35. The number of anilines is 1. The van der Waals surface area contributed by atoms with Crippen molar-refractivity contribution in [1.29, 1.82) is 0 Å². The Kier molecular flexibility index (Phi) is 8.44. The molecule has 4 N–H and O–H groups in total. The Labute approximate surface area is 196 Å². The first kappa shape index (κ1) is 24.3. The van der Waals surface area contributed by atoms with E-state index in [1.807, 2.05) is 12.1 Å². The van der Waals surface area contributed by atoms with Gasteiger partial charge in [0.05, 0.1) is 20.3 Å². The summed E-state index contributed by atoms with van der Waals surface area (Å²) in [6.07, 6.45) is 1.46. The zero-order valence-electron chi connectivity index (χ0n) is 18.7. The highest BCUT2D eigenvalue weighted by Gasteiger charge is 2.24. The molecule has 1 saturated heterocycles. The van der Waals surface area contributed by atoms with Crippen LogP contribution >= 0.6 is 11.8 Å². The van der Waals surface area contributed by atoms with Crippen molar-refractivity contribution in [3.05, 3.63) is 42.1 Å². The number of hydrogen-bond donors (Lipinski definition) is 2. The number of aliphatic imine (C=N–C) groups is 2. The second-order valence-electron chi connectivity index (χ2n) is 7.09. The summed E-state index contributed by atoms with van der Waals surface area (Å²) in [4.78, 5) is 23.2. The quantitative estimate of drug-likeness (QED) is 0.445. The normalized spacial score (nSPS) is 17.7. The Balaban J connectivity index is 1.64. The molecule has 1 aliphatic rings. The fraction of sp³-hybridized carbons (Fsp3) is 0.381. The van der Waals surface area contributed by atoms with Crippen molar-refractivity contribution in [3.63, 3.8) is 0 Å². The number of amides is 1. The number of nitrogens with zero attached hydrogens (tertiary/aromatic N) is 5. The number of carbonyl (C=O) groups excluding carboxylic acids is 1. The van der Waals surface area contributed by atoms with Crippen molar-refractivity contribution >= 4 is 33.8 Å². The first-order chi connectivity index (χ1) is 15.9. The fourth-order valence-corrected chi connectivity index (χ4v) is 3.93.